The molecule has 2 aliphatic rings. The van der Waals surface area contributed by atoms with Crippen LogP contribution in [-0.4, -0.2) is 48.7 Å². The van der Waals surface area contributed by atoms with Crippen molar-refractivity contribution >= 4 is 44.5 Å². The lowest BCUT2D eigenvalue weighted by Gasteiger charge is -2.30. The van der Waals surface area contributed by atoms with E-state index in [1.165, 1.54) is 17.0 Å². The van der Waals surface area contributed by atoms with Crippen molar-refractivity contribution in [1.29, 1.82) is 0 Å². The van der Waals surface area contributed by atoms with Gasteiger partial charge in [0, 0.05) is 24.2 Å². The van der Waals surface area contributed by atoms with Crippen LogP contribution in [0, 0.1) is 6.92 Å². The number of thioether (sulfide) groups is 1. The molecule has 1 saturated heterocycles. The molecule has 1 atom stereocenters. The summed E-state index contributed by atoms with van der Waals surface area (Å²) in [6.45, 7) is 1.87. The molecule has 1 unspecified atom stereocenters. The average molecular weight is 516 g/mol. The highest BCUT2D eigenvalue weighted by molar-refractivity contribution is 8.16. The molecular formula is C25H29N3O5S2. The number of carbonyl (C=O) groups is 2. The standard InChI is InChI=1S/C25H29N3O5S2/c1-17-11-13-21(14-12-17)35(31,32)27-25-28(19-8-4-3-5-9-19)24(30)22(34-25)16-23(29)26-18-7-6-10-20(15-18)33-2/h6-7,10-15,19,22H,3-5,8-9,16H2,1-2H3,(H,26,29). The van der Waals surface area contributed by atoms with Crippen molar-refractivity contribution in [3.05, 3.63) is 54.1 Å². The molecule has 2 amide bonds. The quantitative estimate of drug-likeness (QED) is 0.588. The lowest BCUT2D eigenvalue weighted by atomic mass is 9.94. The molecule has 35 heavy (non-hydrogen) atoms. The van der Waals surface area contributed by atoms with Gasteiger partial charge in [-0.1, -0.05) is 54.8 Å². The third-order valence-corrected chi connectivity index (χ3v) is 8.70. The summed E-state index contributed by atoms with van der Waals surface area (Å²) in [5.41, 5.74) is 1.50. The lowest BCUT2D eigenvalue weighted by molar-refractivity contribution is -0.130. The Hall–Kier alpha value is -2.85. The van der Waals surface area contributed by atoms with Crippen LogP contribution >= 0.6 is 11.8 Å². The lowest BCUT2D eigenvalue weighted by Crippen LogP contribution is -2.42. The van der Waals surface area contributed by atoms with Gasteiger partial charge in [0.05, 0.1) is 12.0 Å². The summed E-state index contributed by atoms with van der Waals surface area (Å²) in [5.74, 6) is 0.00390. The minimum absolute atomic E-state index is 0.0754. The second kappa shape index (κ2) is 10.8. The van der Waals surface area contributed by atoms with Crippen LogP contribution < -0.4 is 10.1 Å². The number of amides is 2. The third-order valence-electron chi connectivity index (χ3n) is 6.15. The molecule has 2 aromatic rings. The largest absolute Gasteiger partial charge is 0.497 e. The Morgan fingerprint density at radius 1 is 1.14 bits per heavy atom. The summed E-state index contributed by atoms with van der Waals surface area (Å²) in [5, 5.41) is 2.20. The number of hydrogen-bond acceptors (Lipinski definition) is 6. The number of nitrogens with one attached hydrogen (secondary N) is 1. The molecule has 10 heteroatoms. The molecule has 1 aliphatic heterocycles. The number of amidine groups is 1. The molecule has 186 valence electrons. The zero-order valence-electron chi connectivity index (χ0n) is 19.8. The fraction of sp³-hybridized carbons (Fsp3) is 0.400. The van der Waals surface area contributed by atoms with Crippen LogP contribution in [0.3, 0.4) is 0 Å². The number of aryl methyl sites for hydroxylation is 1. The van der Waals surface area contributed by atoms with E-state index in [1.807, 2.05) is 6.92 Å². The van der Waals surface area contributed by atoms with E-state index >= 15 is 0 Å². The number of rotatable bonds is 7. The smallest absolute Gasteiger partial charge is 0.284 e. The Labute approximate surface area is 210 Å². The summed E-state index contributed by atoms with van der Waals surface area (Å²) < 4.78 is 35.3. The van der Waals surface area contributed by atoms with Crippen molar-refractivity contribution in [2.45, 2.75) is 61.6 Å². The fourth-order valence-corrected chi connectivity index (χ4v) is 6.70. The van der Waals surface area contributed by atoms with Crippen LogP contribution in [0.15, 0.2) is 57.8 Å². The SMILES string of the molecule is COc1cccc(NC(=O)CC2SC(=NS(=O)(=O)c3ccc(C)cc3)N(C3CCCCC3)C2=O)c1. The van der Waals surface area contributed by atoms with Gasteiger partial charge in [0.2, 0.25) is 11.8 Å². The molecular weight excluding hydrogens is 486 g/mol. The van der Waals surface area contributed by atoms with Gasteiger partial charge in [-0.25, -0.2) is 0 Å². The summed E-state index contributed by atoms with van der Waals surface area (Å²) in [6.07, 6.45) is 4.52. The molecule has 2 aromatic carbocycles. The van der Waals surface area contributed by atoms with Gasteiger partial charge >= 0.3 is 0 Å². The van der Waals surface area contributed by atoms with Crippen LogP contribution in [0.1, 0.15) is 44.1 Å². The van der Waals surface area contributed by atoms with E-state index in [2.05, 4.69) is 9.71 Å². The summed E-state index contributed by atoms with van der Waals surface area (Å²) in [7, 11) is -2.46. The minimum atomic E-state index is -4.00. The maximum absolute atomic E-state index is 13.4. The number of ether oxygens (including phenoxy) is 1. The number of benzene rings is 2. The normalized spacial score (nSPS) is 20.3. The second-order valence-electron chi connectivity index (χ2n) is 8.75. The van der Waals surface area contributed by atoms with Crippen LogP contribution in [-0.2, 0) is 19.6 Å². The van der Waals surface area contributed by atoms with Crippen LogP contribution in [0.25, 0.3) is 0 Å². The van der Waals surface area contributed by atoms with Gasteiger partial charge in [0.25, 0.3) is 10.0 Å². The van der Waals surface area contributed by atoms with Gasteiger partial charge in [-0.15, -0.1) is 4.40 Å². The third kappa shape index (κ3) is 6.05. The molecule has 8 nitrogen and oxygen atoms in total. The zero-order valence-corrected chi connectivity index (χ0v) is 21.4. The summed E-state index contributed by atoms with van der Waals surface area (Å²) in [4.78, 5) is 27.7. The molecule has 2 fully saturated rings. The molecule has 0 aromatic heterocycles. The van der Waals surface area contributed by atoms with E-state index in [0.717, 1.165) is 49.4 Å². The van der Waals surface area contributed by atoms with Crippen LogP contribution in [0.5, 0.6) is 5.75 Å². The number of anilines is 1. The topological polar surface area (TPSA) is 105 Å². The number of sulfonamides is 1. The Bertz CT molecular complexity index is 1220. The molecule has 0 spiro atoms. The Balaban J connectivity index is 1.56. The predicted octanol–water partition coefficient (Wildman–Crippen LogP) is 4.35. The van der Waals surface area contributed by atoms with Gasteiger partial charge in [-0.3, -0.25) is 14.5 Å². The zero-order chi connectivity index (χ0) is 25.0. The summed E-state index contributed by atoms with van der Waals surface area (Å²) >= 11 is 1.05. The number of hydrogen-bond donors (Lipinski definition) is 1. The highest BCUT2D eigenvalue weighted by Crippen LogP contribution is 2.36. The van der Waals surface area contributed by atoms with E-state index in [9.17, 15) is 18.0 Å². The van der Waals surface area contributed by atoms with Crippen LogP contribution in [0.2, 0.25) is 0 Å². The van der Waals surface area contributed by atoms with Crippen molar-refractivity contribution in [2.75, 3.05) is 12.4 Å². The van der Waals surface area contributed by atoms with E-state index in [0.29, 0.717) is 11.4 Å². The van der Waals surface area contributed by atoms with E-state index in [1.54, 1.807) is 43.5 Å². The molecule has 0 bridgehead atoms. The molecule has 1 heterocycles. The van der Waals surface area contributed by atoms with Gasteiger partial charge in [-0.05, 0) is 44.0 Å². The maximum Gasteiger partial charge on any atom is 0.284 e. The maximum atomic E-state index is 13.4. The predicted molar refractivity (Wildman–Crippen MR) is 137 cm³/mol. The molecule has 1 aliphatic carbocycles. The fourth-order valence-electron chi connectivity index (χ4n) is 4.30. The van der Waals surface area contributed by atoms with Crippen molar-refractivity contribution in [3.63, 3.8) is 0 Å². The Morgan fingerprint density at radius 2 is 1.86 bits per heavy atom. The van der Waals surface area contributed by atoms with Crippen molar-refractivity contribution < 1.29 is 22.7 Å². The van der Waals surface area contributed by atoms with Gasteiger partial charge in [0.15, 0.2) is 5.17 Å². The minimum Gasteiger partial charge on any atom is -0.497 e. The van der Waals surface area contributed by atoms with Crippen molar-refractivity contribution in [2.24, 2.45) is 4.40 Å². The molecule has 1 saturated carbocycles. The van der Waals surface area contributed by atoms with Crippen molar-refractivity contribution in [1.82, 2.24) is 4.90 Å². The van der Waals surface area contributed by atoms with Gasteiger partial charge in [-0.2, -0.15) is 8.42 Å². The summed E-state index contributed by atoms with van der Waals surface area (Å²) in [6, 6.07) is 13.3. The first-order valence-corrected chi connectivity index (χ1v) is 13.9. The average Bonchev–Trinajstić information content (AvgIpc) is 3.13. The van der Waals surface area contributed by atoms with Crippen molar-refractivity contribution in [3.8, 4) is 5.75 Å². The highest BCUT2D eigenvalue weighted by Gasteiger charge is 2.43. The molecule has 1 N–H and O–H groups in total. The number of methoxy groups -OCH3 is 1. The van der Waals surface area contributed by atoms with Gasteiger partial charge in [0.1, 0.15) is 11.0 Å². The Morgan fingerprint density at radius 3 is 2.54 bits per heavy atom. The first kappa shape index (κ1) is 25.2. The van der Waals surface area contributed by atoms with Gasteiger partial charge < -0.3 is 10.1 Å². The second-order valence-corrected chi connectivity index (χ2v) is 11.5. The monoisotopic (exact) mass is 515 g/mol. The van der Waals surface area contributed by atoms with E-state index in [4.69, 9.17) is 4.74 Å². The number of carbonyl (C=O) groups excluding carboxylic acids is 2. The molecule has 0 radical (unpaired) electrons. The number of nitrogens with zero attached hydrogens (tertiary/aromatic N) is 2. The highest BCUT2D eigenvalue weighted by atomic mass is 32.2. The molecule has 4 rings (SSSR count). The first-order chi connectivity index (χ1) is 16.8. The first-order valence-electron chi connectivity index (χ1n) is 11.6. The Kier molecular flexibility index (Phi) is 7.81. The van der Waals surface area contributed by atoms with Crippen LogP contribution in [0.4, 0.5) is 5.69 Å². The van der Waals surface area contributed by atoms with E-state index in [-0.39, 0.29) is 34.3 Å². The van der Waals surface area contributed by atoms with E-state index < -0.39 is 15.3 Å².